The third-order valence-electron chi connectivity index (χ3n) is 4.92. The van der Waals surface area contributed by atoms with E-state index in [4.69, 9.17) is 9.84 Å². The fourth-order valence-electron chi connectivity index (χ4n) is 3.17. The number of hydrogen-bond donors (Lipinski definition) is 2. The second kappa shape index (κ2) is 21.3. The number of phenols is 1. The summed E-state index contributed by atoms with van der Waals surface area (Å²) in [5.41, 5.74) is 0.484. The van der Waals surface area contributed by atoms with Gasteiger partial charge in [0.05, 0.1) is 12.2 Å². The highest BCUT2D eigenvalue weighted by Gasteiger charge is 2.10. The smallest absolute Gasteiger partial charge is 0.338 e. The van der Waals surface area contributed by atoms with Crippen molar-refractivity contribution >= 4 is 5.97 Å². The Morgan fingerprint density at radius 1 is 0.844 bits per heavy atom. The predicted molar refractivity (Wildman–Crippen MR) is 137 cm³/mol. The van der Waals surface area contributed by atoms with E-state index in [-0.39, 0.29) is 11.7 Å². The average Bonchev–Trinajstić information content (AvgIpc) is 2.69. The Labute approximate surface area is 198 Å². The number of esters is 1. The first-order valence-corrected chi connectivity index (χ1v) is 12.6. The van der Waals surface area contributed by atoms with E-state index in [9.17, 15) is 9.90 Å². The molecular weight excluding hydrogens is 400 g/mol. The first-order valence-electron chi connectivity index (χ1n) is 12.6. The number of rotatable bonds is 12. The third-order valence-corrected chi connectivity index (χ3v) is 4.92. The topological polar surface area (TPSA) is 66.8 Å². The van der Waals surface area contributed by atoms with Crippen LogP contribution in [0.15, 0.2) is 24.3 Å². The first-order chi connectivity index (χ1) is 15.1. The van der Waals surface area contributed by atoms with Crippen molar-refractivity contribution in [1.29, 1.82) is 0 Å². The highest BCUT2D eigenvalue weighted by Crippen LogP contribution is 2.20. The van der Waals surface area contributed by atoms with Crippen LogP contribution in [0.25, 0.3) is 0 Å². The fourth-order valence-corrected chi connectivity index (χ4v) is 3.17. The predicted octanol–water partition coefficient (Wildman–Crippen LogP) is 7.87. The molecule has 0 heterocycles. The van der Waals surface area contributed by atoms with Crippen LogP contribution in [0, 0.1) is 23.7 Å². The summed E-state index contributed by atoms with van der Waals surface area (Å²) in [7, 11) is 0. The molecule has 0 radical (unpaired) electrons. The lowest BCUT2D eigenvalue weighted by Gasteiger charge is -2.16. The molecule has 0 bridgehead atoms. The normalized spacial score (nSPS) is 12.3. The van der Waals surface area contributed by atoms with Crippen LogP contribution in [0.1, 0.15) is 111 Å². The summed E-state index contributed by atoms with van der Waals surface area (Å²) >= 11 is 0. The molecule has 32 heavy (non-hydrogen) atoms. The van der Waals surface area contributed by atoms with Crippen LogP contribution >= 0.6 is 0 Å². The zero-order valence-corrected chi connectivity index (χ0v) is 22.2. The molecule has 0 aliphatic heterocycles. The summed E-state index contributed by atoms with van der Waals surface area (Å²) in [6, 6.07) is 6.16. The van der Waals surface area contributed by atoms with Gasteiger partial charge in [0.1, 0.15) is 5.75 Å². The van der Waals surface area contributed by atoms with E-state index in [1.165, 1.54) is 44.2 Å². The molecule has 2 N–H and O–H groups in total. The molecule has 0 aliphatic rings. The number of benzene rings is 1. The Hall–Kier alpha value is -1.55. The summed E-state index contributed by atoms with van der Waals surface area (Å²) in [4.78, 5) is 11.8. The van der Waals surface area contributed by atoms with E-state index in [1.807, 2.05) is 0 Å². The van der Waals surface area contributed by atoms with E-state index >= 15 is 0 Å². The Bertz CT molecular complexity index is 537. The fraction of sp³-hybridized carbons (Fsp3) is 0.750. The van der Waals surface area contributed by atoms with E-state index in [1.54, 1.807) is 12.1 Å². The van der Waals surface area contributed by atoms with Gasteiger partial charge in [-0.3, -0.25) is 0 Å². The minimum Gasteiger partial charge on any atom is -0.508 e. The molecule has 1 aromatic rings. The standard InChI is InChI=1S/C20H32O3.C5H12O.C3H8/c1-15(2)14-17(4)7-5-6-16(3)12-13-23-20(22)18-8-10-19(21)11-9-18;1-5(2)3-4-6;1-3-2/h8-11,15-17,21H,5-7,12-14H2,1-4H3;5-6H,3-4H2,1-2H3;3H2,1-2H3. The maximum atomic E-state index is 11.8. The minimum absolute atomic E-state index is 0.155. The monoisotopic (exact) mass is 452 g/mol. The highest BCUT2D eigenvalue weighted by molar-refractivity contribution is 5.89. The molecule has 0 saturated heterocycles. The zero-order valence-electron chi connectivity index (χ0n) is 22.2. The van der Waals surface area contributed by atoms with Crippen molar-refractivity contribution in [3.8, 4) is 5.75 Å². The van der Waals surface area contributed by atoms with E-state index in [0.29, 0.717) is 30.6 Å². The molecule has 2 atom stereocenters. The lowest BCUT2D eigenvalue weighted by atomic mass is 9.91. The number of carbonyl (C=O) groups is 1. The summed E-state index contributed by atoms with van der Waals surface area (Å²) in [6.07, 6.45) is 8.12. The molecule has 0 fully saturated rings. The van der Waals surface area contributed by atoms with Gasteiger partial charge < -0.3 is 14.9 Å². The van der Waals surface area contributed by atoms with Gasteiger partial charge >= 0.3 is 5.97 Å². The summed E-state index contributed by atoms with van der Waals surface area (Å²) in [6.45, 7) is 18.3. The maximum absolute atomic E-state index is 11.8. The molecule has 0 amide bonds. The number of phenolic OH excluding ortho intramolecular Hbond substituents is 1. The van der Waals surface area contributed by atoms with E-state index in [2.05, 4.69) is 55.4 Å². The van der Waals surface area contributed by atoms with Gasteiger partial charge in [0, 0.05) is 6.61 Å². The molecule has 1 rings (SSSR count). The number of aliphatic hydroxyl groups is 1. The number of aliphatic hydroxyl groups excluding tert-OH is 1. The van der Waals surface area contributed by atoms with Gasteiger partial charge in [-0.1, -0.05) is 81.1 Å². The first kappa shape index (κ1) is 32.6. The Morgan fingerprint density at radius 3 is 1.81 bits per heavy atom. The van der Waals surface area contributed by atoms with Crippen molar-refractivity contribution in [2.24, 2.45) is 23.7 Å². The molecule has 0 saturated carbocycles. The number of hydrogen-bond acceptors (Lipinski definition) is 4. The van der Waals surface area contributed by atoms with Crippen molar-refractivity contribution in [2.45, 2.75) is 100 Å². The Balaban J connectivity index is 0. The third kappa shape index (κ3) is 21.7. The number of ether oxygens (including phenoxy) is 1. The largest absolute Gasteiger partial charge is 0.508 e. The van der Waals surface area contributed by atoms with Gasteiger partial charge in [-0.05, 0) is 67.2 Å². The van der Waals surface area contributed by atoms with Crippen molar-refractivity contribution in [3.63, 3.8) is 0 Å². The van der Waals surface area contributed by atoms with Gasteiger partial charge in [0.15, 0.2) is 0 Å². The van der Waals surface area contributed by atoms with Gasteiger partial charge in [-0.25, -0.2) is 4.79 Å². The van der Waals surface area contributed by atoms with Crippen LogP contribution in [0.3, 0.4) is 0 Å². The summed E-state index contributed by atoms with van der Waals surface area (Å²) in [5.74, 6) is 2.64. The van der Waals surface area contributed by atoms with Gasteiger partial charge in [0.25, 0.3) is 0 Å². The van der Waals surface area contributed by atoms with Crippen molar-refractivity contribution in [1.82, 2.24) is 0 Å². The molecule has 0 aromatic heterocycles. The van der Waals surface area contributed by atoms with Gasteiger partial charge in [0.2, 0.25) is 0 Å². The second-order valence-corrected chi connectivity index (χ2v) is 9.86. The van der Waals surface area contributed by atoms with Crippen LogP contribution in [0.4, 0.5) is 0 Å². The Morgan fingerprint density at radius 2 is 1.38 bits per heavy atom. The zero-order chi connectivity index (χ0) is 24.9. The molecular formula is C28H52O4. The van der Waals surface area contributed by atoms with E-state index < -0.39 is 0 Å². The van der Waals surface area contributed by atoms with Crippen LogP contribution in [-0.4, -0.2) is 29.4 Å². The SMILES string of the molecule is CC(C)CC(C)CCCC(C)CCOC(=O)c1ccc(O)cc1.CC(C)CCO.CCC. The highest BCUT2D eigenvalue weighted by atomic mass is 16.5. The Kier molecular flexibility index (Phi) is 21.7. The lowest BCUT2D eigenvalue weighted by molar-refractivity contribution is 0.0483. The van der Waals surface area contributed by atoms with Crippen molar-refractivity contribution in [3.05, 3.63) is 29.8 Å². The van der Waals surface area contributed by atoms with Crippen LogP contribution in [0.5, 0.6) is 5.75 Å². The van der Waals surface area contributed by atoms with Crippen molar-refractivity contribution < 1.29 is 19.7 Å². The molecule has 188 valence electrons. The molecule has 1 aromatic carbocycles. The molecule has 2 unspecified atom stereocenters. The second-order valence-electron chi connectivity index (χ2n) is 9.86. The van der Waals surface area contributed by atoms with E-state index in [0.717, 1.165) is 24.7 Å². The number of aromatic hydroxyl groups is 1. The minimum atomic E-state index is -0.317. The quantitative estimate of drug-likeness (QED) is 0.317. The average molecular weight is 453 g/mol. The molecule has 0 spiro atoms. The van der Waals surface area contributed by atoms with Crippen LogP contribution in [-0.2, 0) is 4.74 Å². The molecule has 0 aliphatic carbocycles. The van der Waals surface area contributed by atoms with Gasteiger partial charge in [-0.2, -0.15) is 0 Å². The van der Waals surface area contributed by atoms with Crippen LogP contribution < -0.4 is 0 Å². The summed E-state index contributed by atoms with van der Waals surface area (Å²) < 4.78 is 5.30. The maximum Gasteiger partial charge on any atom is 0.338 e. The summed E-state index contributed by atoms with van der Waals surface area (Å²) in [5, 5.41) is 17.4. The van der Waals surface area contributed by atoms with Crippen molar-refractivity contribution in [2.75, 3.05) is 13.2 Å². The lowest BCUT2D eigenvalue weighted by Crippen LogP contribution is -2.09. The molecule has 4 nitrogen and oxygen atoms in total. The van der Waals surface area contributed by atoms with Crippen LogP contribution in [0.2, 0.25) is 0 Å². The van der Waals surface area contributed by atoms with Gasteiger partial charge in [-0.15, -0.1) is 0 Å². The number of carbonyl (C=O) groups excluding carboxylic acids is 1. The molecule has 4 heteroatoms.